The van der Waals surface area contributed by atoms with Gasteiger partial charge in [0, 0.05) is 18.2 Å². The number of hydrogen-bond acceptors (Lipinski definition) is 4. The average molecular weight is 255 g/mol. The summed E-state index contributed by atoms with van der Waals surface area (Å²) in [5.74, 6) is 0. The Kier molecular flexibility index (Phi) is 3.63. The Morgan fingerprint density at radius 2 is 2.47 bits per heavy atom. The van der Waals surface area contributed by atoms with Gasteiger partial charge in [0.15, 0.2) is 0 Å². The van der Waals surface area contributed by atoms with Gasteiger partial charge in [0.05, 0.1) is 18.2 Å². The molecule has 0 bridgehead atoms. The minimum atomic E-state index is -0.447. The van der Waals surface area contributed by atoms with Crippen molar-refractivity contribution in [2.24, 2.45) is 0 Å². The second-order valence-corrected chi connectivity index (χ2v) is 5.52. The first kappa shape index (κ1) is 12.3. The highest BCUT2D eigenvalue weighted by molar-refractivity contribution is 7.09. The van der Waals surface area contributed by atoms with E-state index in [0.29, 0.717) is 6.61 Å². The predicted molar refractivity (Wildman–Crippen MR) is 66.0 cm³/mol. The summed E-state index contributed by atoms with van der Waals surface area (Å²) < 4.78 is 5.21. The van der Waals surface area contributed by atoms with Gasteiger partial charge < -0.3 is 15.4 Å². The molecule has 2 N–H and O–H groups in total. The van der Waals surface area contributed by atoms with E-state index in [-0.39, 0.29) is 12.1 Å². The van der Waals surface area contributed by atoms with Gasteiger partial charge in [0.2, 0.25) is 0 Å². The van der Waals surface area contributed by atoms with Gasteiger partial charge in [-0.3, -0.25) is 0 Å². The number of hydrogen-bond donors (Lipinski definition) is 2. The summed E-state index contributed by atoms with van der Waals surface area (Å²) in [6, 6.07) is -0.0391. The summed E-state index contributed by atoms with van der Waals surface area (Å²) in [6.45, 7) is 5.21. The third-order valence-corrected chi connectivity index (χ3v) is 3.75. The van der Waals surface area contributed by atoms with E-state index in [4.69, 9.17) is 4.74 Å². The van der Waals surface area contributed by atoms with Crippen molar-refractivity contribution in [3.8, 4) is 0 Å². The molecular weight excluding hydrogens is 238 g/mol. The molecule has 17 heavy (non-hydrogen) atoms. The molecule has 5 nitrogen and oxygen atoms in total. The lowest BCUT2D eigenvalue weighted by Gasteiger charge is -2.25. The van der Waals surface area contributed by atoms with Crippen LogP contribution in [0.25, 0.3) is 0 Å². The van der Waals surface area contributed by atoms with Crippen molar-refractivity contribution < 1.29 is 9.53 Å². The molecule has 6 heteroatoms. The number of carbonyl (C=O) groups is 1. The highest BCUT2D eigenvalue weighted by Gasteiger charge is 2.27. The first-order valence-electron chi connectivity index (χ1n) is 5.64. The molecule has 2 amide bonds. The topological polar surface area (TPSA) is 63.2 Å². The number of thiazole rings is 1. The fourth-order valence-electron chi connectivity index (χ4n) is 1.74. The fraction of sp³-hybridized carbons (Fsp3) is 0.636. The van der Waals surface area contributed by atoms with Crippen LogP contribution >= 0.6 is 11.3 Å². The first-order valence-corrected chi connectivity index (χ1v) is 6.52. The van der Waals surface area contributed by atoms with Crippen LogP contribution in [-0.4, -0.2) is 30.3 Å². The standard InChI is InChI=1S/C11H17N3O2S/c1-11(2,9-12-4-6-17-9)14-10(15)13-8-3-5-16-7-8/h4,6,8H,3,5,7H2,1-2H3,(H2,13,14,15). The number of aromatic nitrogens is 1. The van der Waals surface area contributed by atoms with E-state index in [1.165, 1.54) is 11.3 Å². The number of nitrogens with zero attached hydrogens (tertiary/aromatic N) is 1. The molecule has 0 spiro atoms. The summed E-state index contributed by atoms with van der Waals surface area (Å²) in [5.41, 5.74) is -0.447. The van der Waals surface area contributed by atoms with E-state index < -0.39 is 5.54 Å². The van der Waals surface area contributed by atoms with Crippen molar-refractivity contribution in [3.63, 3.8) is 0 Å². The van der Waals surface area contributed by atoms with Gasteiger partial charge in [-0.1, -0.05) is 0 Å². The Morgan fingerprint density at radius 3 is 3.06 bits per heavy atom. The van der Waals surface area contributed by atoms with Crippen LogP contribution in [0.4, 0.5) is 4.79 Å². The van der Waals surface area contributed by atoms with Gasteiger partial charge in [-0.15, -0.1) is 11.3 Å². The molecule has 1 unspecified atom stereocenters. The smallest absolute Gasteiger partial charge is 0.315 e. The van der Waals surface area contributed by atoms with Crippen LogP contribution in [0.2, 0.25) is 0 Å². The number of ether oxygens (including phenoxy) is 1. The number of carbonyl (C=O) groups excluding carboxylic acids is 1. The van der Waals surface area contributed by atoms with Crippen LogP contribution in [0, 0.1) is 0 Å². The van der Waals surface area contributed by atoms with Gasteiger partial charge in [-0.2, -0.15) is 0 Å². The van der Waals surface area contributed by atoms with Crippen LogP contribution < -0.4 is 10.6 Å². The molecule has 2 heterocycles. The molecule has 0 aromatic carbocycles. The average Bonchev–Trinajstić information content (AvgIpc) is 2.87. The molecule has 1 aromatic rings. The van der Waals surface area contributed by atoms with Gasteiger partial charge >= 0.3 is 6.03 Å². The first-order chi connectivity index (χ1) is 8.08. The Labute approximate surface area is 105 Å². The zero-order valence-electron chi connectivity index (χ0n) is 10.0. The monoisotopic (exact) mass is 255 g/mol. The summed E-state index contributed by atoms with van der Waals surface area (Å²) in [5, 5.41) is 8.63. The lowest BCUT2D eigenvalue weighted by Crippen LogP contribution is -2.49. The quantitative estimate of drug-likeness (QED) is 0.859. The Bertz CT molecular complexity index is 372. The maximum atomic E-state index is 11.8. The minimum Gasteiger partial charge on any atom is -0.379 e. The van der Waals surface area contributed by atoms with Crippen molar-refractivity contribution in [1.82, 2.24) is 15.6 Å². The molecule has 1 saturated heterocycles. The SMILES string of the molecule is CC(C)(NC(=O)NC1CCOC1)c1nccs1. The molecule has 0 saturated carbocycles. The molecule has 1 aromatic heterocycles. The normalized spacial score (nSPS) is 20.2. The number of nitrogens with one attached hydrogen (secondary N) is 2. The van der Waals surface area contributed by atoms with Gasteiger partial charge in [0.25, 0.3) is 0 Å². The van der Waals surface area contributed by atoms with E-state index in [1.807, 2.05) is 19.2 Å². The van der Waals surface area contributed by atoms with Crippen molar-refractivity contribution in [1.29, 1.82) is 0 Å². The van der Waals surface area contributed by atoms with E-state index in [1.54, 1.807) is 6.20 Å². The Hall–Kier alpha value is -1.14. The Balaban J connectivity index is 1.89. The molecule has 94 valence electrons. The van der Waals surface area contributed by atoms with Crippen molar-refractivity contribution >= 4 is 17.4 Å². The summed E-state index contributed by atoms with van der Waals surface area (Å²) in [7, 11) is 0. The second-order valence-electron chi connectivity index (χ2n) is 4.62. The number of rotatable bonds is 3. The molecular formula is C11H17N3O2S. The maximum Gasteiger partial charge on any atom is 0.315 e. The van der Waals surface area contributed by atoms with Gasteiger partial charge in [0.1, 0.15) is 5.01 Å². The lowest BCUT2D eigenvalue weighted by molar-refractivity contribution is 0.187. The Morgan fingerprint density at radius 1 is 1.65 bits per heavy atom. The highest BCUT2D eigenvalue weighted by Crippen LogP contribution is 2.21. The van der Waals surface area contributed by atoms with Crippen LogP contribution in [0.1, 0.15) is 25.3 Å². The molecule has 1 fully saturated rings. The fourth-order valence-corrected chi connectivity index (χ4v) is 2.46. The van der Waals surface area contributed by atoms with Crippen molar-refractivity contribution in [2.75, 3.05) is 13.2 Å². The van der Waals surface area contributed by atoms with E-state index in [9.17, 15) is 4.79 Å². The van der Waals surface area contributed by atoms with Crippen LogP contribution in [0.5, 0.6) is 0 Å². The summed E-state index contributed by atoms with van der Waals surface area (Å²) in [6.07, 6.45) is 2.62. The summed E-state index contributed by atoms with van der Waals surface area (Å²) >= 11 is 1.54. The zero-order valence-corrected chi connectivity index (χ0v) is 10.8. The second kappa shape index (κ2) is 5.01. The van der Waals surface area contributed by atoms with E-state index in [0.717, 1.165) is 18.0 Å². The van der Waals surface area contributed by atoms with E-state index >= 15 is 0 Å². The van der Waals surface area contributed by atoms with Gasteiger partial charge in [-0.25, -0.2) is 9.78 Å². The van der Waals surface area contributed by atoms with E-state index in [2.05, 4.69) is 15.6 Å². The van der Waals surface area contributed by atoms with Crippen LogP contribution in [0.15, 0.2) is 11.6 Å². The predicted octanol–water partition coefficient (Wildman–Crippen LogP) is 1.47. The third-order valence-electron chi connectivity index (χ3n) is 2.66. The number of amides is 2. The lowest BCUT2D eigenvalue weighted by atomic mass is 10.1. The van der Waals surface area contributed by atoms with Crippen molar-refractivity contribution in [2.45, 2.75) is 31.8 Å². The summed E-state index contributed by atoms with van der Waals surface area (Å²) in [4.78, 5) is 16.0. The molecule has 2 rings (SSSR count). The zero-order chi connectivity index (χ0) is 12.3. The molecule has 1 atom stereocenters. The maximum absolute atomic E-state index is 11.8. The van der Waals surface area contributed by atoms with Crippen molar-refractivity contribution in [3.05, 3.63) is 16.6 Å². The number of urea groups is 1. The minimum absolute atomic E-state index is 0.127. The highest BCUT2D eigenvalue weighted by atomic mass is 32.1. The van der Waals surface area contributed by atoms with Crippen LogP contribution in [-0.2, 0) is 10.3 Å². The molecule has 0 radical (unpaired) electrons. The van der Waals surface area contributed by atoms with Crippen LogP contribution in [0.3, 0.4) is 0 Å². The molecule has 0 aliphatic carbocycles. The third kappa shape index (κ3) is 3.17. The largest absolute Gasteiger partial charge is 0.379 e. The van der Waals surface area contributed by atoms with Gasteiger partial charge in [-0.05, 0) is 20.3 Å². The molecule has 1 aliphatic rings. The molecule has 1 aliphatic heterocycles.